The van der Waals surface area contributed by atoms with E-state index in [-0.39, 0.29) is 22.6 Å². The maximum absolute atomic E-state index is 13.6. The number of halogens is 6. The zero-order chi connectivity index (χ0) is 29.1. The zero-order valence-corrected chi connectivity index (χ0v) is 24.1. The molecule has 1 N–H and O–H groups in total. The number of alkyl halides is 3. The Hall–Kier alpha value is -2.21. The number of amides is 2. The van der Waals surface area contributed by atoms with Gasteiger partial charge in [0.2, 0.25) is 21.8 Å². The van der Waals surface area contributed by atoms with Gasteiger partial charge >= 0.3 is 6.18 Å². The van der Waals surface area contributed by atoms with E-state index in [0.717, 1.165) is 49.0 Å². The van der Waals surface area contributed by atoms with Crippen molar-refractivity contribution >= 4 is 62.3 Å². The molecule has 0 aromatic heterocycles. The van der Waals surface area contributed by atoms with Crippen LogP contribution < -0.4 is 9.62 Å². The molecule has 39 heavy (non-hydrogen) atoms. The monoisotopic (exact) mass is 627 g/mol. The van der Waals surface area contributed by atoms with Gasteiger partial charge in [0.05, 0.1) is 22.5 Å². The summed E-state index contributed by atoms with van der Waals surface area (Å²) in [7, 11) is -4.25. The van der Waals surface area contributed by atoms with Gasteiger partial charge in [-0.2, -0.15) is 13.2 Å². The summed E-state index contributed by atoms with van der Waals surface area (Å²) in [4.78, 5) is 27.9. The van der Waals surface area contributed by atoms with Gasteiger partial charge < -0.3 is 10.2 Å². The lowest BCUT2D eigenvalue weighted by molar-refractivity contribution is -0.139. The Kier molecular flexibility index (Phi) is 10.1. The number of nitrogens with one attached hydrogen (secondary N) is 1. The fourth-order valence-electron chi connectivity index (χ4n) is 4.33. The first-order chi connectivity index (χ1) is 18.1. The summed E-state index contributed by atoms with van der Waals surface area (Å²) in [5.74, 6) is -1.32. The number of nitrogens with zero attached hydrogens (tertiary/aromatic N) is 2. The molecule has 0 saturated heterocycles. The fraction of sp³-hybridized carbons (Fsp3) is 0.440. The Labute approximate surface area is 240 Å². The molecule has 214 valence electrons. The molecule has 0 aliphatic heterocycles. The van der Waals surface area contributed by atoms with Crippen molar-refractivity contribution in [3.05, 3.63) is 62.6 Å². The Morgan fingerprint density at radius 1 is 1.05 bits per heavy atom. The minimum atomic E-state index is -4.86. The predicted molar refractivity (Wildman–Crippen MR) is 146 cm³/mol. The third-order valence-corrected chi connectivity index (χ3v) is 8.66. The normalized spacial score (nSPS) is 15.2. The van der Waals surface area contributed by atoms with E-state index >= 15 is 0 Å². The summed E-state index contributed by atoms with van der Waals surface area (Å²) in [5, 5.41) is 2.71. The van der Waals surface area contributed by atoms with Crippen molar-refractivity contribution in [1.29, 1.82) is 0 Å². The summed E-state index contributed by atoms with van der Waals surface area (Å²) in [5.41, 5.74) is -1.35. The molecule has 0 heterocycles. The summed E-state index contributed by atoms with van der Waals surface area (Å²) in [6.45, 7) is 0.339. The highest BCUT2D eigenvalue weighted by Crippen LogP contribution is 2.37. The summed E-state index contributed by atoms with van der Waals surface area (Å²) < 4.78 is 66.2. The van der Waals surface area contributed by atoms with Gasteiger partial charge in [-0.3, -0.25) is 13.9 Å². The Balaban J connectivity index is 1.98. The molecule has 1 saturated carbocycles. The lowest BCUT2D eigenvalue weighted by Crippen LogP contribution is -2.52. The zero-order valence-electron chi connectivity index (χ0n) is 21.1. The fourth-order valence-corrected chi connectivity index (χ4v) is 5.91. The molecule has 0 bridgehead atoms. The topological polar surface area (TPSA) is 86.8 Å². The van der Waals surface area contributed by atoms with E-state index in [1.165, 1.54) is 6.92 Å². The van der Waals surface area contributed by atoms with Gasteiger partial charge in [-0.25, -0.2) is 8.42 Å². The Morgan fingerprint density at radius 3 is 2.18 bits per heavy atom. The quantitative estimate of drug-likeness (QED) is 0.374. The maximum Gasteiger partial charge on any atom is 0.417 e. The molecule has 0 spiro atoms. The van der Waals surface area contributed by atoms with Crippen LogP contribution in [0.25, 0.3) is 0 Å². The smallest absolute Gasteiger partial charge is 0.352 e. The molecule has 1 aliphatic carbocycles. The molecule has 14 heteroatoms. The molecule has 3 rings (SSSR count). The van der Waals surface area contributed by atoms with Crippen LogP contribution in [0.1, 0.15) is 43.7 Å². The Morgan fingerprint density at radius 2 is 1.64 bits per heavy atom. The highest BCUT2D eigenvalue weighted by Gasteiger charge is 2.36. The van der Waals surface area contributed by atoms with E-state index in [9.17, 15) is 31.2 Å². The van der Waals surface area contributed by atoms with Crippen molar-refractivity contribution in [2.24, 2.45) is 0 Å². The number of hydrogen-bond donors (Lipinski definition) is 1. The van der Waals surface area contributed by atoms with Crippen molar-refractivity contribution in [3.63, 3.8) is 0 Å². The lowest BCUT2D eigenvalue weighted by Gasteiger charge is -2.32. The second-order valence-corrected chi connectivity index (χ2v) is 12.4. The van der Waals surface area contributed by atoms with Crippen LogP contribution in [0.3, 0.4) is 0 Å². The number of hydrogen-bond acceptors (Lipinski definition) is 4. The van der Waals surface area contributed by atoms with Gasteiger partial charge in [0.1, 0.15) is 12.6 Å². The van der Waals surface area contributed by atoms with E-state index in [1.807, 2.05) is 0 Å². The highest BCUT2D eigenvalue weighted by molar-refractivity contribution is 7.92. The number of rotatable bonds is 9. The van der Waals surface area contributed by atoms with Crippen molar-refractivity contribution < 1.29 is 31.2 Å². The molecule has 2 aromatic rings. The average molecular weight is 629 g/mol. The number of sulfonamides is 1. The number of carbonyl (C=O) groups excluding carboxylic acids is 2. The van der Waals surface area contributed by atoms with Gasteiger partial charge in [-0.05, 0) is 50.1 Å². The second kappa shape index (κ2) is 12.5. The highest BCUT2D eigenvalue weighted by atomic mass is 35.5. The summed E-state index contributed by atoms with van der Waals surface area (Å²) in [6.07, 6.45) is -0.595. The minimum Gasteiger partial charge on any atom is -0.352 e. The molecule has 1 aliphatic rings. The SMILES string of the molecule is CC(C(=O)NC1CCCC1)N(Cc1c(Cl)cccc1Cl)C(=O)CN(c1ccc(Cl)c(C(F)(F)F)c1)S(C)(=O)=O. The van der Waals surface area contributed by atoms with Crippen LogP contribution in [0, 0.1) is 0 Å². The van der Waals surface area contributed by atoms with Crippen molar-refractivity contribution in [2.75, 3.05) is 17.1 Å². The largest absolute Gasteiger partial charge is 0.417 e. The van der Waals surface area contributed by atoms with E-state index in [0.29, 0.717) is 15.9 Å². The molecule has 1 atom stereocenters. The Bertz CT molecular complexity index is 1320. The van der Waals surface area contributed by atoms with Crippen molar-refractivity contribution in [2.45, 2.75) is 57.4 Å². The van der Waals surface area contributed by atoms with Crippen LogP contribution in [-0.2, 0) is 32.3 Å². The van der Waals surface area contributed by atoms with Gasteiger partial charge in [0.25, 0.3) is 0 Å². The van der Waals surface area contributed by atoms with Gasteiger partial charge in [-0.15, -0.1) is 0 Å². The van der Waals surface area contributed by atoms with Gasteiger partial charge in [0, 0.05) is 28.2 Å². The third kappa shape index (κ3) is 7.93. The predicted octanol–water partition coefficient (Wildman–Crippen LogP) is 5.91. The van der Waals surface area contributed by atoms with Gasteiger partial charge in [0.15, 0.2) is 0 Å². The first-order valence-electron chi connectivity index (χ1n) is 12.0. The molecule has 2 amide bonds. The second-order valence-electron chi connectivity index (χ2n) is 9.32. The van der Waals surface area contributed by atoms with Crippen LogP contribution in [0.2, 0.25) is 15.1 Å². The summed E-state index contributed by atoms with van der Waals surface area (Å²) >= 11 is 18.3. The van der Waals surface area contributed by atoms with E-state index < -0.39 is 56.9 Å². The molecule has 1 fully saturated rings. The molecule has 2 aromatic carbocycles. The van der Waals surface area contributed by atoms with Crippen LogP contribution in [0.15, 0.2) is 36.4 Å². The van der Waals surface area contributed by atoms with E-state index in [4.69, 9.17) is 34.8 Å². The molecule has 0 radical (unpaired) electrons. The summed E-state index contributed by atoms with van der Waals surface area (Å²) in [6, 6.07) is 6.08. The van der Waals surface area contributed by atoms with Crippen LogP contribution in [0.4, 0.5) is 18.9 Å². The van der Waals surface area contributed by atoms with Crippen molar-refractivity contribution in [3.8, 4) is 0 Å². The van der Waals surface area contributed by atoms with E-state index in [1.54, 1.807) is 18.2 Å². The third-order valence-electron chi connectivity index (χ3n) is 6.48. The number of carbonyl (C=O) groups is 2. The first-order valence-corrected chi connectivity index (χ1v) is 14.9. The van der Waals surface area contributed by atoms with Crippen LogP contribution >= 0.6 is 34.8 Å². The minimum absolute atomic E-state index is 0.0526. The number of benzene rings is 2. The maximum atomic E-state index is 13.6. The molecular formula is C25H27Cl3F3N3O4S. The van der Waals surface area contributed by atoms with Crippen LogP contribution in [0.5, 0.6) is 0 Å². The van der Waals surface area contributed by atoms with Crippen molar-refractivity contribution in [1.82, 2.24) is 10.2 Å². The lowest BCUT2D eigenvalue weighted by atomic mass is 10.1. The molecule has 7 nitrogen and oxygen atoms in total. The number of anilines is 1. The molecular weight excluding hydrogens is 602 g/mol. The molecule has 1 unspecified atom stereocenters. The standard InChI is InChI=1S/C25H27Cl3F3N3O4S/c1-15(24(36)32-16-6-3-4-7-16)33(13-18-20(26)8-5-9-21(18)27)23(35)14-34(39(2,37)38)17-10-11-22(28)19(12-17)25(29,30)31/h5,8-12,15-16H,3-4,6-7,13-14H2,1-2H3,(H,32,36). The van der Waals surface area contributed by atoms with E-state index in [2.05, 4.69) is 5.32 Å². The van der Waals surface area contributed by atoms with Crippen LogP contribution in [-0.4, -0.2) is 50.0 Å². The first kappa shape index (κ1) is 31.3. The van der Waals surface area contributed by atoms with Gasteiger partial charge in [-0.1, -0.05) is 53.7 Å². The average Bonchev–Trinajstić information content (AvgIpc) is 3.34.